The van der Waals surface area contributed by atoms with E-state index in [4.69, 9.17) is 0 Å². The van der Waals surface area contributed by atoms with E-state index in [0.717, 1.165) is 16.7 Å². The third kappa shape index (κ3) is 3.48. The zero-order valence-electron chi connectivity index (χ0n) is 13.3. The van der Waals surface area contributed by atoms with Crippen LogP contribution in [-0.4, -0.2) is 35.4 Å². The SMILES string of the molecule is CN(C)C(=O)c1cc(NC(=O)c2ccc(F)cc2F)c(=O)n(C)c1. The molecule has 1 aromatic carbocycles. The molecule has 0 saturated carbocycles. The van der Waals surface area contributed by atoms with Gasteiger partial charge in [0.2, 0.25) is 0 Å². The molecule has 2 aromatic rings. The van der Waals surface area contributed by atoms with Gasteiger partial charge in [0.15, 0.2) is 0 Å². The number of hydrogen-bond donors (Lipinski definition) is 1. The molecule has 0 atom stereocenters. The van der Waals surface area contributed by atoms with Crippen LogP contribution in [0.3, 0.4) is 0 Å². The van der Waals surface area contributed by atoms with Crippen LogP contribution in [0.1, 0.15) is 20.7 Å². The van der Waals surface area contributed by atoms with Crippen LogP contribution in [0, 0.1) is 11.6 Å². The van der Waals surface area contributed by atoms with E-state index < -0.39 is 28.7 Å². The zero-order valence-corrected chi connectivity index (χ0v) is 13.3. The molecule has 0 unspecified atom stereocenters. The molecular weight excluding hydrogens is 320 g/mol. The van der Waals surface area contributed by atoms with Gasteiger partial charge in [0, 0.05) is 33.4 Å². The summed E-state index contributed by atoms with van der Waals surface area (Å²) in [6, 6.07) is 3.68. The summed E-state index contributed by atoms with van der Waals surface area (Å²) < 4.78 is 27.7. The summed E-state index contributed by atoms with van der Waals surface area (Å²) in [4.78, 5) is 37.5. The predicted molar refractivity (Wildman–Crippen MR) is 84.0 cm³/mol. The molecule has 126 valence electrons. The normalized spacial score (nSPS) is 10.4. The van der Waals surface area contributed by atoms with Gasteiger partial charge in [-0.3, -0.25) is 14.4 Å². The van der Waals surface area contributed by atoms with Gasteiger partial charge in [0.05, 0.1) is 11.1 Å². The lowest BCUT2D eigenvalue weighted by Crippen LogP contribution is -2.28. The number of carbonyl (C=O) groups is 2. The van der Waals surface area contributed by atoms with Crippen LogP contribution in [0.4, 0.5) is 14.5 Å². The first kappa shape index (κ1) is 17.3. The molecule has 2 amide bonds. The average molecular weight is 335 g/mol. The third-order valence-corrected chi connectivity index (χ3v) is 3.26. The summed E-state index contributed by atoms with van der Waals surface area (Å²) in [7, 11) is 4.50. The summed E-state index contributed by atoms with van der Waals surface area (Å²) >= 11 is 0. The summed E-state index contributed by atoms with van der Waals surface area (Å²) in [6.07, 6.45) is 1.33. The Balaban J connectivity index is 2.40. The highest BCUT2D eigenvalue weighted by Gasteiger charge is 2.17. The highest BCUT2D eigenvalue weighted by molar-refractivity contribution is 6.05. The van der Waals surface area contributed by atoms with E-state index in [9.17, 15) is 23.2 Å². The van der Waals surface area contributed by atoms with E-state index in [2.05, 4.69) is 5.32 Å². The smallest absolute Gasteiger partial charge is 0.274 e. The number of halogens is 2. The molecule has 0 fully saturated rings. The van der Waals surface area contributed by atoms with Crippen molar-refractivity contribution in [2.75, 3.05) is 19.4 Å². The summed E-state index contributed by atoms with van der Waals surface area (Å²) in [5.41, 5.74) is -0.986. The van der Waals surface area contributed by atoms with Crippen molar-refractivity contribution in [2.24, 2.45) is 7.05 Å². The molecule has 2 rings (SSSR count). The number of pyridine rings is 1. The summed E-state index contributed by atoms with van der Waals surface area (Å²) in [6.45, 7) is 0. The first-order chi connectivity index (χ1) is 11.2. The topological polar surface area (TPSA) is 71.4 Å². The second-order valence-electron chi connectivity index (χ2n) is 5.34. The second kappa shape index (κ2) is 6.61. The molecule has 1 heterocycles. The van der Waals surface area contributed by atoms with E-state index in [1.807, 2.05) is 0 Å². The minimum absolute atomic E-state index is 0.178. The monoisotopic (exact) mass is 335 g/mol. The van der Waals surface area contributed by atoms with Gasteiger partial charge in [-0.1, -0.05) is 0 Å². The number of nitrogens with one attached hydrogen (secondary N) is 1. The standard InChI is InChI=1S/C16H15F2N3O3/c1-20(2)15(23)9-6-13(16(24)21(3)8-9)19-14(22)11-5-4-10(17)7-12(11)18/h4-8H,1-3H3,(H,19,22). The molecule has 24 heavy (non-hydrogen) atoms. The molecule has 6 nitrogen and oxygen atoms in total. The molecule has 0 spiro atoms. The molecule has 0 aliphatic rings. The Morgan fingerprint density at radius 2 is 1.83 bits per heavy atom. The Kier molecular flexibility index (Phi) is 4.77. The fraction of sp³-hybridized carbons (Fsp3) is 0.188. The van der Waals surface area contributed by atoms with Gasteiger partial charge in [0.25, 0.3) is 17.4 Å². The maximum absolute atomic E-state index is 13.7. The molecule has 0 bridgehead atoms. The molecule has 0 aliphatic heterocycles. The Morgan fingerprint density at radius 1 is 1.17 bits per heavy atom. The summed E-state index contributed by atoms with van der Waals surface area (Å²) in [5, 5.41) is 2.26. The van der Waals surface area contributed by atoms with E-state index in [-0.39, 0.29) is 17.2 Å². The number of amides is 2. The Labute approximate surface area is 136 Å². The molecule has 0 saturated heterocycles. The van der Waals surface area contributed by atoms with Crippen molar-refractivity contribution in [3.05, 3.63) is 63.6 Å². The average Bonchev–Trinajstić information content (AvgIpc) is 2.50. The minimum atomic E-state index is -1.05. The first-order valence-electron chi connectivity index (χ1n) is 6.89. The largest absolute Gasteiger partial charge is 0.345 e. The van der Waals surface area contributed by atoms with Crippen molar-refractivity contribution in [2.45, 2.75) is 0 Å². The fourth-order valence-corrected chi connectivity index (χ4v) is 2.04. The maximum Gasteiger partial charge on any atom is 0.274 e. The summed E-state index contributed by atoms with van der Waals surface area (Å²) in [5.74, 6) is -3.16. The van der Waals surface area contributed by atoms with E-state index in [0.29, 0.717) is 6.07 Å². The minimum Gasteiger partial charge on any atom is -0.345 e. The quantitative estimate of drug-likeness (QED) is 0.926. The number of aryl methyl sites for hydroxylation is 1. The number of benzene rings is 1. The van der Waals surface area contributed by atoms with Gasteiger partial charge in [-0.15, -0.1) is 0 Å². The van der Waals surface area contributed by atoms with E-state index in [1.165, 1.54) is 24.2 Å². The zero-order chi connectivity index (χ0) is 18.0. The number of carbonyl (C=O) groups excluding carboxylic acids is 2. The van der Waals surface area contributed by atoms with Gasteiger partial charge in [-0.25, -0.2) is 8.78 Å². The van der Waals surface area contributed by atoms with Gasteiger partial charge < -0.3 is 14.8 Å². The van der Waals surface area contributed by atoms with E-state index >= 15 is 0 Å². The van der Waals surface area contributed by atoms with Crippen molar-refractivity contribution in [3.8, 4) is 0 Å². The third-order valence-electron chi connectivity index (χ3n) is 3.26. The van der Waals surface area contributed by atoms with Crippen LogP contribution in [-0.2, 0) is 7.05 Å². The number of aromatic nitrogens is 1. The Hall–Kier alpha value is -3.03. The highest BCUT2D eigenvalue weighted by Crippen LogP contribution is 2.13. The van der Waals surface area contributed by atoms with Crippen molar-refractivity contribution >= 4 is 17.5 Å². The van der Waals surface area contributed by atoms with Crippen molar-refractivity contribution < 1.29 is 18.4 Å². The number of rotatable bonds is 3. The lowest BCUT2D eigenvalue weighted by atomic mass is 10.2. The number of nitrogens with zero attached hydrogens (tertiary/aromatic N) is 2. The maximum atomic E-state index is 13.7. The lowest BCUT2D eigenvalue weighted by Gasteiger charge is -2.13. The fourth-order valence-electron chi connectivity index (χ4n) is 2.04. The van der Waals surface area contributed by atoms with Crippen molar-refractivity contribution in [1.29, 1.82) is 0 Å². The van der Waals surface area contributed by atoms with Gasteiger partial charge >= 0.3 is 0 Å². The molecular formula is C16H15F2N3O3. The van der Waals surface area contributed by atoms with Crippen LogP contribution < -0.4 is 10.9 Å². The van der Waals surface area contributed by atoms with Crippen LogP contribution >= 0.6 is 0 Å². The molecule has 8 heteroatoms. The van der Waals surface area contributed by atoms with Gasteiger partial charge in [-0.2, -0.15) is 0 Å². The molecule has 0 aliphatic carbocycles. The molecule has 0 radical (unpaired) electrons. The Bertz CT molecular complexity index is 875. The second-order valence-corrected chi connectivity index (χ2v) is 5.34. The Morgan fingerprint density at radius 3 is 2.42 bits per heavy atom. The van der Waals surface area contributed by atoms with Gasteiger partial charge in [-0.05, 0) is 18.2 Å². The molecule has 1 aromatic heterocycles. The van der Waals surface area contributed by atoms with Crippen molar-refractivity contribution in [3.63, 3.8) is 0 Å². The van der Waals surface area contributed by atoms with Crippen LogP contribution in [0.15, 0.2) is 35.3 Å². The van der Waals surface area contributed by atoms with Crippen LogP contribution in [0.2, 0.25) is 0 Å². The lowest BCUT2D eigenvalue weighted by molar-refractivity contribution is 0.0826. The van der Waals surface area contributed by atoms with Crippen LogP contribution in [0.25, 0.3) is 0 Å². The highest BCUT2D eigenvalue weighted by atomic mass is 19.1. The first-order valence-corrected chi connectivity index (χ1v) is 6.89. The molecule has 1 N–H and O–H groups in total. The van der Waals surface area contributed by atoms with Gasteiger partial charge in [0.1, 0.15) is 17.3 Å². The van der Waals surface area contributed by atoms with E-state index in [1.54, 1.807) is 14.1 Å². The van der Waals surface area contributed by atoms with Crippen LogP contribution in [0.5, 0.6) is 0 Å². The number of hydrogen-bond acceptors (Lipinski definition) is 3. The number of anilines is 1. The predicted octanol–water partition coefficient (Wildman–Crippen LogP) is 1.62. The van der Waals surface area contributed by atoms with Crippen molar-refractivity contribution in [1.82, 2.24) is 9.47 Å².